The Balaban J connectivity index is 1.83. The van der Waals surface area contributed by atoms with Gasteiger partial charge in [0.15, 0.2) is 0 Å². The Morgan fingerprint density at radius 1 is 1.03 bits per heavy atom. The van der Waals surface area contributed by atoms with Crippen molar-refractivity contribution in [1.29, 1.82) is 0 Å². The fraction of sp³-hybridized carbons (Fsp3) is 0.296. The summed E-state index contributed by atoms with van der Waals surface area (Å²) in [5.41, 5.74) is 1.17. The number of ether oxygens (including phenoxy) is 2. The molecule has 0 spiro atoms. The molecule has 0 aliphatic heterocycles. The zero-order valence-corrected chi connectivity index (χ0v) is 21.2. The number of anilines is 1. The largest absolute Gasteiger partial charge is 0.465 e. The monoisotopic (exact) mass is 507 g/mol. The molecule has 0 radical (unpaired) electrons. The van der Waals surface area contributed by atoms with Crippen LogP contribution in [0.15, 0.2) is 71.7 Å². The maximum absolute atomic E-state index is 13.1. The van der Waals surface area contributed by atoms with Gasteiger partial charge in [-0.2, -0.15) is 0 Å². The van der Waals surface area contributed by atoms with Crippen LogP contribution in [-0.4, -0.2) is 40.3 Å². The van der Waals surface area contributed by atoms with Crippen molar-refractivity contribution >= 4 is 23.4 Å². The second kappa shape index (κ2) is 11.5. The Morgan fingerprint density at radius 3 is 2.24 bits per heavy atom. The van der Waals surface area contributed by atoms with Crippen molar-refractivity contribution < 1.29 is 24.0 Å². The molecule has 2 aromatic carbocycles. The number of esters is 1. The summed E-state index contributed by atoms with van der Waals surface area (Å²) in [4.78, 5) is 49.6. The topological polar surface area (TPSA) is 121 Å². The SMILES string of the molecule is CCOC(=O)CN(C(=O)OC(C)(C)C)c1ccc(Cn2cccc(-c3ccc([N+](=O)[O-])cc3)c2=O)cc1. The van der Waals surface area contributed by atoms with Crippen molar-refractivity contribution in [3.8, 4) is 11.1 Å². The minimum absolute atomic E-state index is 0.0523. The fourth-order valence-electron chi connectivity index (χ4n) is 3.54. The fourth-order valence-corrected chi connectivity index (χ4v) is 3.54. The number of rotatable bonds is 8. The van der Waals surface area contributed by atoms with E-state index in [4.69, 9.17) is 9.47 Å². The highest BCUT2D eigenvalue weighted by Gasteiger charge is 2.26. The maximum atomic E-state index is 13.1. The number of benzene rings is 2. The number of hydrogen-bond donors (Lipinski definition) is 0. The molecular formula is C27H29N3O7. The van der Waals surface area contributed by atoms with Gasteiger partial charge in [-0.3, -0.25) is 24.6 Å². The number of pyridine rings is 1. The average Bonchev–Trinajstić information content (AvgIpc) is 2.83. The molecule has 37 heavy (non-hydrogen) atoms. The van der Waals surface area contributed by atoms with Gasteiger partial charge < -0.3 is 14.0 Å². The number of nitro benzene ring substituents is 1. The van der Waals surface area contributed by atoms with Crippen LogP contribution in [0.4, 0.5) is 16.2 Å². The number of carbonyl (C=O) groups excluding carboxylic acids is 2. The van der Waals surface area contributed by atoms with Gasteiger partial charge in [0.25, 0.3) is 11.2 Å². The molecule has 0 atom stereocenters. The molecule has 0 unspecified atom stereocenters. The second-order valence-corrected chi connectivity index (χ2v) is 9.20. The summed E-state index contributed by atoms with van der Waals surface area (Å²) >= 11 is 0. The summed E-state index contributed by atoms with van der Waals surface area (Å²) in [6, 6.07) is 16.0. The van der Waals surface area contributed by atoms with Crippen LogP contribution in [-0.2, 0) is 20.8 Å². The molecule has 1 heterocycles. The van der Waals surface area contributed by atoms with Crippen molar-refractivity contribution in [2.75, 3.05) is 18.1 Å². The lowest BCUT2D eigenvalue weighted by Gasteiger charge is -2.27. The molecule has 3 rings (SSSR count). The molecule has 1 aromatic heterocycles. The Labute approximate surface area is 214 Å². The Kier molecular flexibility index (Phi) is 8.44. The minimum Gasteiger partial charge on any atom is -0.465 e. The van der Waals surface area contributed by atoms with E-state index >= 15 is 0 Å². The highest BCUT2D eigenvalue weighted by molar-refractivity contribution is 5.93. The third-order valence-electron chi connectivity index (χ3n) is 5.22. The van der Waals surface area contributed by atoms with Gasteiger partial charge in [-0.05, 0) is 75.2 Å². The lowest BCUT2D eigenvalue weighted by atomic mass is 10.1. The van der Waals surface area contributed by atoms with Crippen LogP contribution in [0.1, 0.15) is 33.3 Å². The van der Waals surface area contributed by atoms with E-state index in [0.717, 1.165) is 5.56 Å². The third-order valence-corrected chi connectivity index (χ3v) is 5.22. The molecule has 0 saturated heterocycles. The highest BCUT2D eigenvalue weighted by Crippen LogP contribution is 2.21. The number of carbonyl (C=O) groups is 2. The number of aromatic nitrogens is 1. The van der Waals surface area contributed by atoms with E-state index in [1.807, 2.05) is 0 Å². The van der Waals surface area contributed by atoms with Gasteiger partial charge in [-0.25, -0.2) is 4.79 Å². The van der Waals surface area contributed by atoms with Crippen molar-refractivity contribution in [3.63, 3.8) is 0 Å². The van der Waals surface area contributed by atoms with E-state index in [2.05, 4.69) is 0 Å². The van der Waals surface area contributed by atoms with Crippen molar-refractivity contribution in [2.45, 2.75) is 39.8 Å². The first-order chi connectivity index (χ1) is 17.5. The molecular weight excluding hydrogens is 478 g/mol. The first-order valence-electron chi connectivity index (χ1n) is 11.7. The van der Waals surface area contributed by atoms with Gasteiger partial charge in [0.1, 0.15) is 12.1 Å². The number of hydrogen-bond acceptors (Lipinski definition) is 7. The summed E-state index contributed by atoms with van der Waals surface area (Å²) in [7, 11) is 0. The van der Waals surface area contributed by atoms with Crippen LogP contribution in [0.25, 0.3) is 11.1 Å². The minimum atomic E-state index is -0.750. The molecule has 0 fully saturated rings. The first kappa shape index (κ1) is 27.1. The maximum Gasteiger partial charge on any atom is 0.415 e. The molecule has 194 valence electrons. The van der Waals surface area contributed by atoms with Crippen LogP contribution in [0.3, 0.4) is 0 Å². The van der Waals surface area contributed by atoms with E-state index in [0.29, 0.717) is 16.8 Å². The van der Waals surface area contributed by atoms with E-state index < -0.39 is 22.6 Å². The van der Waals surface area contributed by atoms with Gasteiger partial charge in [-0.1, -0.05) is 12.1 Å². The molecule has 0 aliphatic rings. The third kappa shape index (κ3) is 7.26. The van der Waals surface area contributed by atoms with Crippen LogP contribution < -0.4 is 10.5 Å². The lowest BCUT2D eigenvalue weighted by Crippen LogP contribution is -2.40. The quantitative estimate of drug-likeness (QED) is 0.244. The van der Waals surface area contributed by atoms with Crippen molar-refractivity contribution in [2.24, 2.45) is 0 Å². The lowest BCUT2D eigenvalue weighted by molar-refractivity contribution is -0.384. The zero-order valence-electron chi connectivity index (χ0n) is 21.2. The van der Waals surface area contributed by atoms with E-state index in [1.54, 1.807) is 82.4 Å². The van der Waals surface area contributed by atoms with E-state index in [-0.39, 0.29) is 30.9 Å². The summed E-state index contributed by atoms with van der Waals surface area (Å²) in [5, 5.41) is 10.9. The van der Waals surface area contributed by atoms with Gasteiger partial charge in [-0.15, -0.1) is 0 Å². The van der Waals surface area contributed by atoms with E-state index in [1.165, 1.54) is 21.6 Å². The summed E-state index contributed by atoms with van der Waals surface area (Å²) in [5.74, 6) is -0.563. The number of amides is 1. The van der Waals surface area contributed by atoms with Crippen LogP contribution in [0.5, 0.6) is 0 Å². The first-order valence-corrected chi connectivity index (χ1v) is 11.7. The molecule has 10 nitrogen and oxygen atoms in total. The predicted octanol–water partition coefficient (Wildman–Crippen LogP) is 4.78. The number of non-ortho nitro benzene ring substituents is 1. The Hall–Kier alpha value is -4.47. The normalized spacial score (nSPS) is 11.0. The molecule has 3 aromatic rings. The predicted molar refractivity (Wildman–Crippen MR) is 139 cm³/mol. The molecule has 0 N–H and O–H groups in total. The van der Waals surface area contributed by atoms with Crippen LogP contribution in [0, 0.1) is 10.1 Å². The molecule has 0 saturated carbocycles. The number of nitrogens with zero attached hydrogens (tertiary/aromatic N) is 3. The van der Waals surface area contributed by atoms with Crippen molar-refractivity contribution in [1.82, 2.24) is 4.57 Å². The van der Waals surface area contributed by atoms with E-state index in [9.17, 15) is 24.5 Å². The van der Waals surface area contributed by atoms with Crippen LogP contribution in [0.2, 0.25) is 0 Å². The van der Waals surface area contributed by atoms with Gasteiger partial charge in [0.2, 0.25) is 0 Å². The summed E-state index contributed by atoms with van der Waals surface area (Å²) < 4.78 is 12.0. The zero-order chi connectivity index (χ0) is 27.2. The summed E-state index contributed by atoms with van der Waals surface area (Å²) in [6.07, 6.45) is 0.971. The molecule has 1 amide bonds. The summed E-state index contributed by atoms with van der Waals surface area (Å²) in [6.45, 7) is 7.02. The highest BCUT2D eigenvalue weighted by atomic mass is 16.6. The van der Waals surface area contributed by atoms with Gasteiger partial charge in [0, 0.05) is 29.6 Å². The average molecular weight is 508 g/mol. The Bertz CT molecular complexity index is 1320. The van der Waals surface area contributed by atoms with Crippen molar-refractivity contribution in [3.05, 3.63) is 92.9 Å². The van der Waals surface area contributed by atoms with Gasteiger partial charge in [0.05, 0.1) is 18.1 Å². The van der Waals surface area contributed by atoms with Crippen LogP contribution >= 0.6 is 0 Å². The standard InChI is InChI=1S/C27H29N3O7/c1-5-36-24(31)18-29(26(33)37-27(2,3)4)21-12-8-19(9-13-21)17-28-16-6-7-23(25(28)32)20-10-14-22(15-11-20)30(34)35/h6-16H,5,17-18H2,1-4H3. The van der Waals surface area contributed by atoms with Gasteiger partial charge >= 0.3 is 12.1 Å². The molecule has 0 aliphatic carbocycles. The number of nitro groups is 1. The Morgan fingerprint density at radius 2 is 1.68 bits per heavy atom. The second-order valence-electron chi connectivity index (χ2n) is 9.20. The smallest absolute Gasteiger partial charge is 0.415 e. The molecule has 10 heteroatoms. The molecule has 0 bridgehead atoms.